The molecule has 0 spiro atoms. The van der Waals surface area contributed by atoms with E-state index in [2.05, 4.69) is 26.4 Å². The van der Waals surface area contributed by atoms with Gasteiger partial charge in [-0.25, -0.2) is 9.97 Å². The van der Waals surface area contributed by atoms with Crippen molar-refractivity contribution in [2.75, 3.05) is 31.3 Å². The van der Waals surface area contributed by atoms with Gasteiger partial charge in [0.1, 0.15) is 0 Å². The van der Waals surface area contributed by atoms with E-state index >= 15 is 0 Å². The molecule has 1 aliphatic rings. The van der Waals surface area contributed by atoms with Gasteiger partial charge in [-0.3, -0.25) is 5.01 Å². The highest BCUT2D eigenvalue weighted by atomic mass is 16.5. The van der Waals surface area contributed by atoms with Crippen LogP contribution in [0.25, 0.3) is 11.0 Å². The van der Waals surface area contributed by atoms with Gasteiger partial charge in [-0.1, -0.05) is 0 Å². The Balaban J connectivity index is 2.02. The summed E-state index contributed by atoms with van der Waals surface area (Å²) in [4.78, 5) is 9.74. The lowest BCUT2D eigenvalue weighted by molar-refractivity contribution is 0.110. The van der Waals surface area contributed by atoms with Crippen LogP contribution in [0.15, 0.2) is 12.4 Å². The minimum absolute atomic E-state index is 0.732. The van der Waals surface area contributed by atoms with Crippen LogP contribution in [0.3, 0.4) is 0 Å². The fourth-order valence-corrected chi connectivity index (χ4v) is 1.67. The molecule has 0 saturated carbocycles. The van der Waals surface area contributed by atoms with Crippen LogP contribution in [-0.2, 0) is 4.74 Å². The maximum absolute atomic E-state index is 5.29. The van der Waals surface area contributed by atoms with Crippen molar-refractivity contribution in [2.45, 2.75) is 0 Å². The predicted octanol–water partition coefficient (Wildman–Crippen LogP) is -0.405. The Kier molecular flexibility index (Phi) is 1.99. The highest BCUT2D eigenvalue weighted by Gasteiger charge is 2.14. The molecule has 6 nitrogen and oxygen atoms in total. The highest BCUT2D eigenvalue weighted by Crippen LogP contribution is 2.09. The lowest BCUT2D eigenvalue weighted by Crippen LogP contribution is -2.44. The van der Waals surface area contributed by atoms with Crippen LogP contribution in [0.1, 0.15) is 0 Å². The largest absolute Gasteiger partial charge is 0.378 e. The molecule has 0 aromatic carbocycles. The first-order chi connectivity index (χ1) is 7.45. The zero-order valence-corrected chi connectivity index (χ0v) is 8.13. The Hall–Kier alpha value is -1.69. The van der Waals surface area contributed by atoms with Gasteiger partial charge >= 0.3 is 0 Å². The number of rotatable bonds is 1. The number of hydrogen-bond acceptors (Lipinski definition) is 5. The Morgan fingerprint density at radius 3 is 3.00 bits per heavy atom. The molecule has 3 rings (SSSR count). The summed E-state index contributed by atoms with van der Waals surface area (Å²) < 4.78 is 5.29. The fraction of sp³-hybridized carbons (Fsp3) is 0.444. The fourth-order valence-electron chi connectivity index (χ4n) is 1.67. The van der Waals surface area contributed by atoms with E-state index in [1.165, 1.54) is 0 Å². The number of ether oxygens (including phenoxy) is 1. The molecular formula is C9H10N5O. The van der Waals surface area contributed by atoms with E-state index in [-0.39, 0.29) is 0 Å². The van der Waals surface area contributed by atoms with Crippen molar-refractivity contribution in [3.63, 3.8) is 0 Å². The van der Waals surface area contributed by atoms with Gasteiger partial charge in [0.05, 0.1) is 37.9 Å². The average Bonchev–Trinajstić information content (AvgIpc) is 2.74. The van der Waals surface area contributed by atoms with Crippen molar-refractivity contribution in [2.24, 2.45) is 0 Å². The zero-order valence-electron chi connectivity index (χ0n) is 8.13. The van der Waals surface area contributed by atoms with E-state index in [4.69, 9.17) is 4.74 Å². The van der Waals surface area contributed by atoms with Gasteiger partial charge in [0.2, 0.25) is 0 Å². The lowest BCUT2D eigenvalue weighted by Gasteiger charge is -2.28. The Morgan fingerprint density at radius 2 is 2.13 bits per heavy atom. The molecule has 0 amide bonds. The van der Waals surface area contributed by atoms with Crippen molar-refractivity contribution in [1.29, 1.82) is 0 Å². The third-order valence-corrected chi connectivity index (χ3v) is 2.43. The van der Waals surface area contributed by atoms with Gasteiger partial charge in [-0.05, 0) is 0 Å². The Bertz CT molecular complexity index is 462. The molecule has 0 atom stereocenters. The summed E-state index contributed by atoms with van der Waals surface area (Å²) >= 11 is 0. The Morgan fingerprint density at radius 1 is 1.27 bits per heavy atom. The van der Waals surface area contributed by atoms with E-state index in [1.807, 2.05) is 0 Å². The lowest BCUT2D eigenvalue weighted by atomic mass is 10.4. The SMILES string of the molecule is [c]1ncc2cnn(N3CCOCC3)c2n1. The molecule has 15 heavy (non-hydrogen) atoms. The molecule has 2 aromatic rings. The molecule has 0 N–H and O–H groups in total. The van der Waals surface area contributed by atoms with Crippen molar-refractivity contribution in [1.82, 2.24) is 19.9 Å². The van der Waals surface area contributed by atoms with Crippen LogP contribution >= 0.6 is 0 Å². The quantitative estimate of drug-likeness (QED) is 0.632. The van der Waals surface area contributed by atoms with Crippen LogP contribution in [0.5, 0.6) is 0 Å². The van der Waals surface area contributed by atoms with Gasteiger partial charge in [0.15, 0.2) is 12.0 Å². The highest BCUT2D eigenvalue weighted by molar-refractivity contribution is 5.73. The number of aromatic nitrogens is 4. The van der Waals surface area contributed by atoms with Gasteiger partial charge < -0.3 is 4.74 Å². The minimum atomic E-state index is 0.732. The van der Waals surface area contributed by atoms with E-state index in [0.717, 1.165) is 37.3 Å². The molecule has 77 valence electrons. The second-order valence-corrected chi connectivity index (χ2v) is 3.35. The van der Waals surface area contributed by atoms with Gasteiger partial charge in [-0.2, -0.15) is 9.89 Å². The van der Waals surface area contributed by atoms with Crippen LogP contribution in [0.2, 0.25) is 0 Å². The first kappa shape index (κ1) is 8.60. The number of morpholine rings is 1. The summed E-state index contributed by atoms with van der Waals surface area (Å²) in [7, 11) is 0. The molecule has 1 aliphatic heterocycles. The maximum Gasteiger partial charge on any atom is 0.199 e. The average molecular weight is 204 g/mol. The second kappa shape index (κ2) is 3.47. The standard InChI is InChI=1S/C9H10N5O/c1-3-15-4-2-13(1)14-9-8(6-12-14)5-10-7-11-9/h5-6H,1-4H2. The molecule has 3 heterocycles. The van der Waals surface area contributed by atoms with E-state index < -0.39 is 0 Å². The molecular weight excluding hydrogens is 194 g/mol. The first-order valence-electron chi connectivity index (χ1n) is 4.85. The number of nitrogens with zero attached hydrogens (tertiary/aromatic N) is 5. The Labute approximate surface area is 86.5 Å². The summed E-state index contributed by atoms with van der Waals surface area (Å²) in [5.74, 6) is 0. The monoisotopic (exact) mass is 204 g/mol. The van der Waals surface area contributed by atoms with E-state index in [1.54, 1.807) is 17.2 Å². The number of hydrogen-bond donors (Lipinski definition) is 0. The summed E-state index contributed by atoms with van der Waals surface area (Å²) in [6, 6.07) is 0. The topological polar surface area (TPSA) is 56.1 Å². The molecule has 0 aliphatic carbocycles. The normalized spacial score (nSPS) is 17.2. The minimum Gasteiger partial charge on any atom is -0.378 e. The van der Waals surface area contributed by atoms with E-state index in [9.17, 15) is 0 Å². The second-order valence-electron chi connectivity index (χ2n) is 3.35. The number of fused-ring (bicyclic) bond motifs is 1. The summed E-state index contributed by atoms with van der Waals surface area (Å²) in [5, 5.41) is 7.32. The first-order valence-corrected chi connectivity index (χ1v) is 4.85. The van der Waals surface area contributed by atoms with Gasteiger partial charge in [0, 0.05) is 6.20 Å². The third-order valence-electron chi connectivity index (χ3n) is 2.43. The van der Waals surface area contributed by atoms with Crippen LogP contribution < -0.4 is 5.01 Å². The molecule has 6 heteroatoms. The summed E-state index contributed by atoms with van der Waals surface area (Å²) in [5.41, 5.74) is 0.798. The van der Waals surface area contributed by atoms with E-state index in [0.29, 0.717) is 0 Å². The van der Waals surface area contributed by atoms with Crippen molar-refractivity contribution in [3.05, 3.63) is 18.7 Å². The van der Waals surface area contributed by atoms with Crippen LogP contribution in [-0.4, -0.2) is 46.2 Å². The zero-order chi connectivity index (χ0) is 10.1. The third kappa shape index (κ3) is 1.42. The predicted molar refractivity (Wildman–Crippen MR) is 52.9 cm³/mol. The smallest absolute Gasteiger partial charge is 0.199 e. The molecule has 2 aromatic heterocycles. The van der Waals surface area contributed by atoms with Gasteiger partial charge in [0.25, 0.3) is 0 Å². The van der Waals surface area contributed by atoms with Gasteiger partial charge in [-0.15, -0.1) is 0 Å². The van der Waals surface area contributed by atoms with Crippen molar-refractivity contribution >= 4 is 11.0 Å². The van der Waals surface area contributed by atoms with Crippen LogP contribution in [0.4, 0.5) is 0 Å². The molecule has 1 saturated heterocycles. The summed E-state index contributed by atoms with van der Waals surface area (Å²) in [6.45, 7) is 3.13. The molecule has 0 bridgehead atoms. The summed E-state index contributed by atoms with van der Waals surface area (Å²) in [6.07, 6.45) is 6.06. The van der Waals surface area contributed by atoms with Crippen molar-refractivity contribution in [3.8, 4) is 0 Å². The van der Waals surface area contributed by atoms with Crippen molar-refractivity contribution < 1.29 is 4.74 Å². The molecule has 1 fully saturated rings. The molecule has 0 unspecified atom stereocenters. The molecule has 1 radical (unpaired) electrons. The maximum atomic E-state index is 5.29. The van der Waals surface area contributed by atoms with Crippen LogP contribution in [0, 0.1) is 6.33 Å².